The van der Waals surface area contributed by atoms with Gasteiger partial charge in [0.2, 0.25) is 0 Å². The third kappa shape index (κ3) is 3.21. The van der Waals surface area contributed by atoms with Crippen LogP contribution in [0.3, 0.4) is 0 Å². The van der Waals surface area contributed by atoms with Crippen LogP contribution >= 0.6 is 31.9 Å². The number of hydrogen-bond acceptors (Lipinski definition) is 2. The van der Waals surface area contributed by atoms with Crippen molar-refractivity contribution >= 4 is 37.8 Å². The molecule has 1 aromatic carbocycles. The molecule has 0 aliphatic heterocycles. The van der Waals surface area contributed by atoms with Crippen LogP contribution in [-0.4, -0.2) is 23.0 Å². The van der Waals surface area contributed by atoms with Gasteiger partial charge in [-0.1, -0.05) is 44.0 Å². The molecule has 0 aliphatic rings. The van der Waals surface area contributed by atoms with Crippen molar-refractivity contribution in [1.29, 1.82) is 0 Å². The Balaban J connectivity index is 2.82. The lowest BCUT2D eigenvalue weighted by Gasteiger charge is -2.13. The van der Waals surface area contributed by atoms with Crippen LogP contribution in [0.5, 0.6) is 5.75 Å². The van der Waals surface area contributed by atoms with Gasteiger partial charge in [-0.25, -0.2) is 0 Å². The quantitative estimate of drug-likeness (QED) is 0.859. The maximum atomic E-state index is 10.7. The third-order valence-corrected chi connectivity index (χ3v) is 4.61. The van der Waals surface area contributed by atoms with Crippen LogP contribution in [0, 0.1) is 0 Å². The average molecular weight is 338 g/mol. The van der Waals surface area contributed by atoms with E-state index in [0.717, 1.165) is 11.3 Å². The highest BCUT2D eigenvalue weighted by atomic mass is 79.9. The van der Waals surface area contributed by atoms with Crippen molar-refractivity contribution in [3.8, 4) is 5.75 Å². The average Bonchev–Trinajstić information content (AvgIpc) is 2.27. The smallest absolute Gasteiger partial charge is 0.318 e. The molecule has 0 radical (unpaired) electrons. The van der Waals surface area contributed by atoms with E-state index in [1.54, 1.807) is 19.2 Å². The molecule has 82 valence electrons. The summed E-state index contributed by atoms with van der Waals surface area (Å²) in [5, 5.41) is 8.81. The summed E-state index contributed by atoms with van der Waals surface area (Å²) < 4.78 is 5.01. The van der Waals surface area contributed by atoms with E-state index >= 15 is 0 Å². The molecular weight excluding hydrogens is 328 g/mol. The van der Waals surface area contributed by atoms with Crippen molar-refractivity contribution in [3.63, 3.8) is 0 Å². The zero-order chi connectivity index (χ0) is 11.4. The van der Waals surface area contributed by atoms with Crippen LogP contribution in [-0.2, 0) is 4.79 Å². The summed E-state index contributed by atoms with van der Waals surface area (Å²) in [4.78, 5) is 9.83. The van der Waals surface area contributed by atoms with Crippen LogP contribution in [0.15, 0.2) is 24.3 Å². The summed E-state index contributed by atoms with van der Waals surface area (Å²) in [6, 6.07) is 7.25. The van der Waals surface area contributed by atoms with E-state index in [4.69, 9.17) is 9.84 Å². The van der Waals surface area contributed by atoms with Gasteiger partial charge >= 0.3 is 5.97 Å². The van der Waals surface area contributed by atoms with Gasteiger partial charge in [-0.05, 0) is 17.7 Å². The molecule has 1 rings (SSSR count). The molecule has 0 unspecified atom stereocenters. The summed E-state index contributed by atoms with van der Waals surface area (Å²) in [6.45, 7) is 0. The number of carboxylic acids is 1. The number of aliphatic carboxylic acids is 1. The number of rotatable bonds is 4. The van der Waals surface area contributed by atoms with Crippen LogP contribution in [0.4, 0.5) is 0 Å². The second kappa shape index (κ2) is 5.51. The van der Waals surface area contributed by atoms with E-state index in [9.17, 15) is 4.79 Å². The normalized spacial score (nSPS) is 14.3. The molecule has 15 heavy (non-hydrogen) atoms. The van der Waals surface area contributed by atoms with Gasteiger partial charge in [0.1, 0.15) is 10.6 Å². The molecule has 1 aromatic rings. The maximum absolute atomic E-state index is 10.7. The highest BCUT2D eigenvalue weighted by Crippen LogP contribution is 2.32. The number of carbonyl (C=O) groups is 1. The predicted octanol–water partition coefficient (Wildman–Crippen LogP) is 2.98. The third-order valence-electron chi connectivity index (χ3n) is 1.93. The van der Waals surface area contributed by atoms with Gasteiger partial charge in [-0.15, -0.1) is 0 Å². The minimum atomic E-state index is -0.896. The molecule has 2 atom stereocenters. The molecule has 3 nitrogen and oxygen atoms in total. The Morgan fingerprint density at radius 1 is 1.33 bits per heavy atom. The van der Waals surface area contributed by atoms with Crippen LogP contribution in [0.1, 0.15) is 10.4 Å². The molecule has 5 heteroatoms. The van der Waals surface area contributed by atoms with E-state index in [2.05, 4.69) is 31.9 Å². The number of alkyl halides is 2. The summed E-state index contributed by atoms with van der Waals surface area (Å²) in [6.07, 6.45) is 0. The number of hydrogen-bond donors (Lipinski definition) is 1. The predicted molar refractivity (Wildman–Crippen MR) is 65.0 cm³/mol. The van der Waals surface area contributed by atoms with E-state index < -0.39 is 10.8 Å². The fraction of sp³-hybridized carbons (Fsp3) is 0.300. The first-order chi connectivity index (χ1) is 7.06. The first-order valence-corrected chi connectivity index (χ1v) is 6.04. The SMILES string of the molecule is COc1ccc([C@@H](Br)[C@@H](Br)C(=O)O)cc1. The van der Waals surface area contributed by atoms with Crippen LogP contribution in [0.25, 0.3) is 0 Å². The fourth-order valence-electron chi connectivity index (χ4n) is 1.08. The number of benzene rings is 1. The van der Waals surface area contributed by atoms with E-state index in [1.165, 1.54) is 0 Å². The topological polar surface area (TPSA) is 46.5 Å². The zero-order valence-electron chi connectivity index (χ0n) is 7.98. The van der Waals surface area contributed by atoms with Crippen molar-refractivity contribution in [2.75, 3.05) is 7.11 Å². The molecule has 0 bridgehead atoms. The highest BCUT2D eigenvalue weighted by molar-refractivity contribution is 9.12. The molecule has 1 N–H and O–H groups in total. The van der Waals surface area contributed by atoms with Crippen molar-refractivity contribution in [1.82, 2.24) is 0 Å². The number of halogens is 2. The van der Waals surface area contributed by atoms with Gasteiger partial charge in [0, 0.05) is 0 Å². The van der Waals surface area contributed by atoms with E-state index in [0.29, 0.717) is 0 Å². The lowest BCUT2D eigenvalue weighted by molar-refractivity contribution is -0.136. The molecule has 0 saturated heterocycles. The Hall–Kier alpha value is -0.550. The van der Waals surface area contributed by atoms with E-state index in [1.807, 2.05) is 12.1 Å². The molecule has 0 saturated carbocycles. The molecule has 0 aromatic heterocycles. The lowest BCUT2D eigenvalue weighted by atomic mass is 10.1. The van der Waals surface area contributed by atoms with Crippen molar-refractivity contribution in [3.05, 3.63) is 29.8 Å². The Kier molecular flexibility index (Phi) is 4.60. The summed E-state index contributed by atoms with van der Waals surface area (Å²) in [5.41, 5.74) is 0.889. The standard InChI is InChI=1S/C10H10Br2O3/c1-15-7-4-2-6(3-5-7)8(11)9(12)10(13)14/h2-5,8-9H,1H3,(H,13,14)/t8-,9-/m1/s1. The molecule has 0 amide bonds. The Morgan fingerprint density at radius 2 is 1.87 bits per heavy atom. The first-order valence-electron chi connectivity index (χ1n) is 4.21. The van der Waals surface area contributed by atoms with Gasteiger partial charge < -0.3 is 9.84 Å². The minimum Gasteiger partial charge on any atom is -0.497 e. The van der Waals surface area contributed by atoms with Crippen LogP contribution < -0.4 is 4.74 Å². The van der Waals surface area contributed by atoms with Crippen molar-refractivity contribution in [2.45, 2.75) is 9.65 Å². The fourth-order valence-corrected chi connectivity index (χ4v) is 1.92. The van der Waals surface area contributed by atoms with E-state index in [-0.39, 0.29) is 4.83 Å². The summed E-state index contributed by atoms with van der Waals surface area (Å²) in [5.74, 6) is -0.146. The Bertz CT molecular complexity index is 337. The number of methoxy groups -OCH3 is 1. The first kappa shape index (κ1) is 12.5. The molecule has 0 fully saturated rings. The van der Waals surface area contributed by atoms with Gasteiger partial charge in [0.05, 0.1) is 11.9 Å². The summed E-state index contributed by atoms with van der Waals surface area (Å²) in [7, 11) is 1.59. The maximum Gasteiger partial charge on any atom is 0.318 e. The van der Waals surface area contributed by atoms with Gasteiger partial charge in [-0.2, -0.15) is 0 Å². The van der Waals surface area contributed by atoms with Crippen molar-refractivity contribution < 1.29 is 14.6 Å². The summed E-state index contributed by atoms with van der Waals surface area (Å²) >= 11 is 6.43. The highest BCUT2D eigenvalue weighted by Gasteiger charge is 2.24. The Labute approximate surface area is 105 Å². The minimum absolute atomic E-state index is 0.263. The zero-order valence-corrected chi connectivity index (χ0v) is 11.2. The van der Waals surface area contributed by atoms with Crippen molar-refractivity contribution in [2.24, 2.45) is 0 Å². The van der Waals surface area contributed by atoms with Gasteiger partial charge in [-0.3, -0.25) is 4.79 Å². The molecule has 0 spiro atoms. The molecule has 0 aliphatic carbocycles. The number of ether oxygens (including phenoxy) is 1. The Morgan fingerprint density at radius 3 is 2.27 bits per heavy atom. The molecule has 0 heterocycles. The van der Waals surface area contributed by atoms with Gasteiger partial charge in [0.15, 0.2) is 0 Å². The van der Waals surface area contributed by atoms with Crippen LogP contribution in [0.2, 0.25) is 0 Å². The lowest BCUT2D eigenvalue weighted by Crippen LogP contribution is -2.17. The number of carboxylic acid groups (broad SMARTS) is 1. The molecular formula is C10H10Br2O3. The second-order valence-electron chi connectivity index (χ2n) is 2.91. The largest absolute Gasteiger partial charge is 0.497 e. The second-order valence-corrected chi connectivity index (χ2v) is 4.89. The van der Waals surface area contributed by atoms with Gasteiger partial charge in [0.25, 0.3) is 0 Å². The monoisotopic (exact) mass is 336 g/mol.